The van der Waals surface area contributed by atoms with Gasteiger partial charge in [0.25, 0.3) is 5.91 Å². The van der Waals surface area contributed by atoms with Gasteiger partial charge in [-0.3, -0.25) is 19.7 Å². The van der Waals surface area contributed by atoms with E-state index in [2.05, 4.69) is 5.32 Å². The van der Waals surface area contributed by atoms with Crippen molar-refractivity contribution >= 4 is 23.4 Å². The number of benzene rings is 1. The van der Waals surface area contributed by atoms with Gasteiger partial charge in [-0.1, -0.05) is 0 Å². The van der Waals surface area contributed by atoms with Gasteiger partial charge in [-0.25, -0.2) is 13.2 Å². The summed E-state index contributed by atoms with van der Waals surface area (Å²) < 4.78 is 44.3. The van der Waals surface area contributed by atoms with E-state index in [1.54, 1.807) is 0 Å². The molecule has 3 rings (SSSR count). The number of carbonyl (C=O) groups is 2. The molecular weight excluding hydrogens is 359 g/mol. The number of nitro groups is 1. The minimum atomic E-state index is -1.70. The molecule has 1 saturated heterocycles. The van der Waals surface area contributed by atoms with Crippen molar-refractivity contribution in [2.75, 3.05) is 18.4 Å². The number of rotatable bonds is 4. The van der Waals surface area contributed by atoms with Crippen LogP contribution in [-0.4, -0.2) is 34.7 Å². The van der Waals surface area contributed by atoms with Gasteiger partial charge in [-0.15, -0.1) is 0 Å². The van der Waals surface area contributed by atoms with Gasteiger partial charge in [0.05, 0.1) is 17.7 Å². The second kappa shape index (κ2) is 6.50. The van der Waals surface area contributed by atoms with Gasteiger partial charge in [-0.2, -0.15) is 0 Å². The van der Waals surface area contributed by atoms with Crippen molar-refractivity contribution in [3.63, 3.8) is 0 Å². The molecule has 1 aliphatic heterocycles. The van der Waals surface area contributed by atoms with E-state index in [4.69, 9.17) is 4.42 Å². The highest BCUT2D eigenvalue weighted by molar-refractivity contribution is 5.97. The first-order valence-electron chi connectivity index (χ1n) is 7.25. The van der Waals surface area contributed by atoms with Crippen LogP contribution in [0.1, 0.15) is 10.6 Å². The summed E-state index contributed by atoms with van der Waals surface area (Å²) >= 11 is 0. The minimum Gasteiger partial charge on any atom is -0.395 e. The van der Waals surface area contributed by atoms with E-state index in [1.807, 2.05) is 0 Å². The lowest BCUT2D eigenvalue weighted by atomic mass is 9.98. The fourth-order valence-electron chi connectivity index (χ4n) is 2.36. The summed E-state index contributed by atoms with van der Waals surface area (Å²) in [5, 5.41) is 12.7. The van der Waals surface area contributed by atoms with E-state index in [0.717, 1.165) is 18.2 Å². The molecule has 0 spiro atoms. The fraction of sp³-hybridized carbons (Fsp3) is 0.200. The van der Waals surface area contributed by atoms with Crippen molar-refractivity contribution in [3.8, 4) is 0 Å². The van der Waals surface area contributed by atoms with E-state index in [0.29, 0.717) is 6.07 Å². The molecule has 0 bridgehead atoms. The lowest BCUT2D eigenvalue weighted by Crippen LogP contribution is -2.54. The summed E-state index contributed by atoms with van der Waals surface area (Å²) in [6.45, 7) is -0.0745. The van der Waals surface area contributed by atoms with Crippen LogP contribution >= 0.6 is 0 Å². The van der Waals surface area contributed by atoms with Crippen LogP contribution in [-0.2, 0) is 4.79 Å². The molecule has 0 saturated carbocycles. The van der Waals surface area contributed by atoms with Crippen LogP contribution in [0.15, 0.2) is 28.7 Å². The van der Waals surface area contributed by atoms with Crippen LogP contribution in [0.3, 0.4) is 0 Å². The number of amides is 2. The lowest BCUT2D eigenvalue weighted by molar-refractivity contribution is -0.402. The number of halogens is 3. The van der Waals surface area contributed by atoms with Crippen molar-refractivity contribution in [3.05, 3.63) is 57.6 Å². The molecule has 8 nitrogen and oxygen atoms in total. The summed E-state index contributed by atoms with van der Waals surface area (Å²) in [6, 6.07) is 3.73. The first-order valence-corrected chi connectivity index (χ1v) is 7.25. The zero-order chi connectivity index (χ0) is 19.0. The van der Waals surface area contributed by atoms with Crippen LogP contribution in [0.4, 0.5) is 24.7 Å². The van der Waals surface area contributed by atoms with Gasteiger partial charge in [0.15, 0.2) is 23.2 Å². The van der Waals surface area contributed by atoms with Gasteiger partial charge < -0.3 is 14.6 Å². The van der Waals surface area contributed by atoms with Crippen molar-refractivity contribution < 1.29 is 32.1 Å². The third-order valence-electron chi connectivity index (χ3n) is 3.82. The topological polar surface area (TPSA) is 106 Å². The molecule has 11 heteroatoms. The summed E-state index contributed by atoms with van der Waals surface area (Å²) in [6.07, 6.45) is 0. The summed E-state index contributed by atoms with van der Waals surface area (Å²) in [5.41, 5.74) is -0.514. The maximum Gasteiger partial charge on any atom is 0.433 e. The molecule has 1 aliphatic rings. The Hall–Kier alpha value is -3.37. The first kappa shape index (κ1) is 17.5. The summed E-state index contributed by atoms with van der Waals surface area (Å²) in [5.74, 6) is -7.45. The lowest BCUT2D eigenvalue weighted by Gasteiger charge is -2.37. The van der Waals surface area contributed by atoms with E-state index in [9.17, 15) is 32.9 Å². The number of hydrogen-bond donors (Lipinski definition) is 1. The molecule has 136 valence electrons. The quantitative estimate of drug-likeness (QED) is 0.506. The Morgan fingerprint density at radius 2 is 1.85 bits per heavy atom. The predicted octanol–water partition coefficient (Wildman–Crippen LogP) is 2.32. The summed E-state index contributed by atoms with van der Waals surface area (Å²) in [4.78, 5) is 35.0. The first-order chi connectivity index (χ1) is 12.3. The smallest absolute Gasteiger partial charge is 0.395 e. The Kier molecular flexibility index (Phi) is 4.36. The SMILES string of the molecule is O=C(Nc1ccc(F)c(F)c1F)C1CN(C(=O)c2ccc([N+](=O)[O-])o2)C1. The van der Waals surface area contributed by atoms with Crippen LogP contribution in [0, 0.1) is 33.5 Å². The van der Waals surface area contributed by atoms with Gasteiger partial charge >= 0.3 is 5.88 Å². The summed E-state index contributed by atoms with van der Waals surface area (Å²) in [7, 11) is 0. The van der Waals surface area contributed by atoms with Gasteiger partial charge in [0.2, 0.25) is 5.91 Å². The minimum absolute atomic E-state index is 0.0372. The molecule has 26 heavy (non-hydrogen) atoms. The highest BCUT2D eigenvalue weighted by Crippen LogP contribution is 2.25. The molecule has 1 N–H and O–H groups in total. The molecule has 1 aromatic heterocycles. The fourth-order valence-corrected chi connectivity index (χ4v) is 2.36. The van der Waals surface area contributed by atoms with E-state index >= 15 is 0 Å². The van der Waals surface area contributed by atoms with E-state index < -0.39 is 51.7 Å². The largest absolute Gasteiger partial charge is 0.433 e. The number of anilines is 1. The zero-order valence-electron chi connectivity index (χ0n) is 12.9. The van der Waals surface area contributed by atoms with Crippen molar-refractivity contribution in [1.82, 2.24) is 4.90 Å². The predicted molar refractivity (Wildman–Crippen MR) is 79.7 cm³/mol. The molecule has 2 aromatic rings. The molecule has 1 aromatic carbocycles. The Bertz CT molecular complexity index is 908. The zero-order valence-corrected chi connectivity index (χ0v) is 12.9. The average Bonchev–Trinajstić information content (AvgIpc) is 3.04. The average molecular weight is 369 g/mol. The maximum absolute atomic E-state index is 13.5. The monoisotopic (exact) mass is 369 g/mol. The second-order valence-electron chi connectivity index (χ2n) is 5.51. The molecular formula is C15H10F3N3O5. The number of hydrogen-bond acceptors (Lipinski definition) is 5. The Morgan fingerprint density at radius 3 is 2.46 bits per heavy atom. The normalized spacial score (nSPS) is 14.0. The number of carbonyl (C=O) groups excluding carboxylic acids is 2. The molecule has 2 heterocycles. The Balaban J connectivity index is 1.59. The molecule has 0 radical (unpaired) electrons. The highest BCUT2D eigenvalue weighted by Gasteiger charge is 2.38. The van der Waals surface area contributed by atoms with Crippen LogP contribution in [0.2, 0.25) is 0 Å². The van der Waals surface area contributed by atoms with E-state index in [1.165, 1.54) is 4.90 Å². The van der Waals surface area contributed by atoms with Gasteiger partial charge in [0, 0.05) is 13.1 Å². The maximum atomic E-state index is 13.5. The van der Waals surface area contributed by atoms with Gasteiger partial charge in [0.1, 0.15) is 4.92 Å². The molecule has 2 amide bonds. The molecule has 0 aliphatic carbocycles. The number of nitrogens with zero attached hydrogens (tertiary/aromatic N) is 2. The van der Waals surface area contributed by atoms with Crippen molar-refractivity contribution in [2.24, 2.45) is 5.92 Å². The molecule has 0 atom stereocenters. The third-order valence-corrected chi connectivity index (χ3v) is 3.82. The standard InChI is InChI=1S/C15H10F3N3O5/c16-8-1-2-9(13(18)12(8)17)19-14(22)7-5-20(6-7)15(23)10-3-4-11(26-10)21(24)25/h1-4,7H,5-6H2,(H,19,22). The van der Waals surface area contributed by atoms with Gasteiger partial charge in [-0.05, 0) is 18.2 Å². The number of nitrogens with one attached hydrogen (secondary N) is 1. The van der Waals surface area contributed by atoms with Crippen molar-refractivity contribution in [2.45, 2.75) is 0 Å². The molecule has 0 unspecified atom stereocenters. The number of likely N-dealkylation sites (tertiary alicyclic amines) is 1. The Labute approximate surface area is 143 Å². The van der Waals surface area contributed by atoms with Crippen molar-refractivity contribution in [1.29, 1.82) is 0 Å². The van der Waals surface area contributed by atoms with Crippen LogP contribution in [0.25, 0.3) is 0 Å². The Morgan fingerprint density at radius 1 is 1.15 bits per heavy atom. The third kappa shape index (κ3) is 3.10. The van der Waals surface area contributed by atoms with Crippen LogP contribution in [0.5, 0.6) is 0 Å². The van der Waals surface area contributed by atoms with Crippen LogP contribution < -0.4 is 5.32 Å². The second-order valence-corrected chi connectivity index (χ2v) is 5.51. The molecule has 1 fully saturated rings. The number of furan rings is 1. The highest BCUT2D eigenvalue weighted by atomic mass is 19.2. The van der Waals surface area contributed by atoms with E-state index in [-0.39, 0.29) is 18.8 Å².